The number of aryl methyl sites for hydroxylation is 2. The Bertz CT molecular complexity index is 1360. The maximum atomic E-state index is 14.3. The maximum Gasteiger partial charge on any atom is 0.408 e. The maximum absolute atomic E-state index is 14.3. The number of benzene rings is 3. The largest absolute Gasteiger partial charge is 0.508 e. The number of aromatic hydroxyl groups is 1. The second-order valence-corrected chi connectivity index (χ2v) is 11.1. The number of carbonyl (C=O) groups excluding carboxylic acids is 3. The molecular weight excluding hydrogens is 534 g/mol. The molecule has 3 aromatic rings. The van der Waals surface area contributed by atoms with Crippen LogP contribution in [0.15, 0.2) is 66.7 Å². The van der Waals surface area contributed by atoms with Crippen LogP contribution in [0.4, 0.5) is 10.5 Å². The van der Waals surface area contributed by atoms with Crippen LogP contribution >= 0.6 is 0 Å². The Kier molecular flexibility index (Phi) is 10.6. The second kappa shape index (κ2) is 13.9. The van der Waals surface area contributed by atoms with E-state index in [0.717, 1.165) is 11.1 Å². The van der Waals surface area contributed by atoms with E-state index in [9.17, 15) is 19.5 Å². The van der Waals surface area contributed by atoms with Crippen LogP contribution in [0.1, 0.15) is 56.0 Å². The van der Waals surface area contributed by atoms with E-state index in [-0.39, 0.29) is 18.7 Å². The van der Waals surface area contributed by atoms with E-state index >= 15 is 0 Å². The van der Waals surface area contributed by atoms with Gasteiger partial charge in [-0.15, -0.1) is 0 Å². The molecule has 9 nitrogen and oxygen atoms in total. The lowest BCUT2D eigenvalue weighted by molar-refractivity contribution is -0.140. The Morgan fingerprint density at radius 1 is 0.929 bits per heavy atom. The van der Waals surface area contributed by atoms with Gasteiger partial charge in [-0.2, -0.15) is 0 Å². The molecule has 0 saturated carbocycles. The van der Waals surface area contributed by atoms with Gasteiger partial charge in [-0.1, -0.05) is 30.3 Å². The highest BCUT2D eigenvalue weighted by atomic mass is 16.6. The number of carbonyl (C=O) groups is 3. The molecule has 3 aromatic carbocycles. The van der Waals surface area contributed by atoms with Gasteiger partial charge in [0.15, 0.2) is 0 Å². The number of nitrogens with zero attached hydrogens (tertiary/aromatic N) is 1. The molecule has 0 aromatic heterocycles. The Morgan fingerprint density at radius 3 is 2.05 bits per heavy atom. The smallest absolute Gasteiger partial charge is 0.408 e. The first-order valence-corrected chi connectivity index (χ1v) is 13.9. The zero-order valence-electron chi connectivity index (χ0n) is 25.4. The van der Waals surface area contributed by atoms with Crippen molar-refractivity contribution in [3.8, 4) is 11.5 Å². The quantitative estimate of drug-likeness (QED) is 0.286. The van der Waals surface area contributed by atoms with Gasteiger partial charge in [-0.25, -0.2) is 4.79 Å². The molecule has 3 rings (SSSR count). The number of anilines is 1. The molecule has 9 heteroatoms. The van der Waals surface area contributed by atoms with E-state index in [1.54, 1.807) is 71.2 Å². The van der Waals surface area contributed by atoms with Crippen molar-refractivity contribution in [3.05, 3.63) is 89.0 Å². The molecule has 2 unspecified atom stereocenters. The molecule has 0 saturated heterocycles. The van der Waals surface area contributed by atoms with E-state index in [0.29, 0.717) is 22.6 Å². The molecule has 0 aliphatic heterocycles. The van der Waals surface area contributed by atoms with Crippen LogP contribution in [0.3, 0.4) is 0 Å². The minimum absolute atomic E-state index is 0.0854. The van der Waals surface area contributed by atoms with Crippen molar-refractivity contribution < 1.29 is 29.0 Å². The van der Waals surface area contributed by atoms with Gasteiger partial charge in [0.05, 0.1) is 7.11 Å². The average molecular weight is 576 g/mol. The van der Waals surface area contributed by atoms with Crippen LogP contribution in [0, 0.1) is 13.8 Å². The Hall–Kier alpha value is -4.53. The first-order valence-electron chi connectivity index (χ1n) is 13.9. The Labute approximate surface area is 247 Å². The number of hydrogen-bond donors (Lipinski definition) is 3. The van der Waals surface area contributed by atoms with Gasteiger partial charge in [-0.3, -0.25) is 9.59 Å². The molecule has 0 heterocycles. The van der Waals surface area contributed by atoms with Crippen molar-refractivity contribution in [3.63, 3.8) is 0 Å². The molecule has 0 spiro atoms. The minimum atomic E-state index is -1.05. The molecule has 0 aliphatic carbocycles. The summed E-state index contributed by atoms with van der Waals surface area (Å²) in [6, 6.07) is 17.0. The van der Waals surface area contributed by atoms with Crippen molar-refractivity contribution in [1.29, 1.82) is 0 Å². The van der Waals surface area contributed by atoms with Gasteiger partial charge in [0.1, 0.15) is 29.2 Å². The highest BCUT2D eigenvalue weighted by Gasteiger charge is 2.37. The van der Waals surface area contributed by atoms with Crippen LogP contribution in [-0.4, -0.2) is 53.2 Å². The van der Waals surface area contributed by atoms with Gasteiger partial charge in [-0.05, 0) is 100 Å². The second-order valence-electron chi connectivity index (χ2n) is 11.1. The SMILES string of the molecule is CCN(C(=O)C(Cc1ccc(O)cc1)NC(=O)OC(C)(C)C)C(C(=O)Nc1ccc(OC)cc1)c1c(C)cccc1C. The zero-order valence-corrected chi connectivity index (χ0v) is 25.4. The molecule has 3 N–H and O–H groups in total. The summed E-state index contributed by atoms with van der Waals surface area (Å²) in [5.41, 5.74) is 2.90. The van der Waals surface area contributed by atoms with Gasteiger partial charge >= 0.3 is 6.09 Å². The first kappa shape index (κ1) is 32.0. The number of phenolic OH excluding ortho intramolecular Hbond substituents is 1. The Morgan fingerprint density at radius 2 is 1.52 bits per heavy atom. The lowest BCUT2D eigenvalue weighted by atomic mass is 9.93. The number of likely N-dealkylation sites (N-methyl/N-ethyl adjacent to an activating group) is 1. The van der Waals surface area contributed by atoms with Gasteiger partial charge in [0, 0.05) is 18.7 Å². The van der Waals surface area contributed by atoms with E-state index in [1.807, 2.05) is 32.0 Å². The van der Waals surface area contributed by atoms with Gasteiger partial charge in [0.2, 0.25) is 5.91 Å². The molecule has 0 fully saturated rings. The standard InChI is InChI=1S/C33H41N3O6/c1-8-36(31(39)27(35-32(40)42-33(4,5)6)20-23-12-16-25(37)17-13-23)29(28-21(2)10-9-11-22(28)3)30(38)34-24-14-18-26(41-7)19-15-24/h9-19,27,29,37H,8,20H2,1-7H3,(H,34,38)(H,35,40). The summed E-state index contributed by atoms with van der Waals surface area (Å²) >= 11 is 0. The van der Waals surface area contributed by atoms with E-state index in [1.165, 1.54) is 17.0 Å². The summed E-state index contributed by atoms with van der Waals surface area (Å²) in [5.74, 6) is -0.112. The van der Waals surface area contributed by atoms with E-state index in [2.05, 4.69) is 10.6 Å². The van der Waals surface area contributed by atoms with E-state index in [4.69, 9.17) is 9.47 Å². The summed E-state index contributed by atoms with van der Waals surface area (Å²) in [5, 5.41) is 15.4. The highest BCUT2D eigenvalue weighted by Crippen LogP contribution is 2.30. The number of nitrogens with one attached hydrogen (secondary N) is 2. The molecule has 0 bridgehead atoms. The monoisotopic (exact) mass is 575 g/mol. The Balaban J connectivity index is 2.04. The van der Waals surface area contributed by atoms with Crippen LogP contribution in [0.5, 0.6) is 11.5 Å². The van der Waals surface area contributed by atoms with Crippen molar-refractivity contribution in [1.82, 2.24) is 10.2 Å². The molecular formula is C33H41N3O6. The number of rotatable bonds is 10. The molecule has 42 heavy (non-hydrogen) atoms. The van der Waals surface area contributed by atoms with Gasteiger partial charge < -0.3 is 30.1 Å². The summed E-state index contributed by atoms with van der Waals surface area (Å²) in [7, 11) is 1.56. The van der Waals surface area contributed by atoms with Crippen molar-refractivity contribution in [2.45, 2.75) is 65.6 Å². The summed E-state index contributed by atoms with van der Waals surface area (Å²) in [4.78, 5) is 42.7. The minimum Gasteiger partial charge on any atom is -0.508 e. The fraction of sp³-hybridized carbons (Fsp3) is 0.364. The average Bonchev–Trinajstić information content (AvgIpc) is 2.92. The third kappa shape index (κ3) is 8.49. The predicted octanol–water partition coefficient (Wildman–Crippen LogP) is 5.68. The third-order valence-electron chi connectivity index (χ3n) is 6.72. The summed E-state index contributed by atoms with van der Waals surface area (Å²) < 4.78 is 10.7. The normalized spacial score (nSPS) is 12.5. The topological polar surface area (TPSA) is 117 Å². The molecule has 3 amide bonds. The number of amides is 3. The summed E-state index contributed by atoms with van der Waals surface area (Å²) in [6.45, 7) is 11.0. The zero-order chi connectivity index (χ0) is 31.0. The highest BCUT2D eigenvalue weighted by molar-refractivity contribution is 5.99. The number of ether oxygens (including phenoxy) is 2. The first-order chi connectivity index (χ1) is 19.8. The van der Waals surface area contributed by atoms with Crippen molar-refractivity contribution >= 4 is 23.6 Å². The number of phenols is 1. The predicted molar refractivity (Wildman–Crippen MR) is 163 cm³/mol. The molecule has 224 valence electrons. The van der Waals surface area contributed by atoms with E-state index < -0.39 is 35.6 Å². The van der Waals surface area contributed by atoms with Gasteiger partial charge in [0.25, 0.3) is 5.91 Å². The number of methoxy groups -OCH3 is 1. The van der Waals surface area contributed by atoms with Crippen molar-refractivity contribution in [2.75, 3.05) is 19.0 Å². The molecule has 0 aliphatic rings. The van der Waals surface area contributed by atoms with Crippen LogP contribution in [-0.2, 0) is 20.7 Å². The van der Waals surface area contributed by atoms with Crippen LogP contribution in [0.25, 0.3) is 0 Å². The van der Waals surface area contributed by atoms with Crippen LogP contribution in [0.2, 0.25) is 0 Å². The fourth-order valence-electron chi connectivity index (χ4n) is 4.76. The molecule has 0 radical (unpaired) electrons. The number of alkyl carbamates (subject to hydrolysis) is 1. The number of hydrogen-bond acceptors (Lipinski definition) is 6. The third-order valence-corrected chi connectivity index (χ3v) is 6.72. The summed E-state index contributed by atoms with van der Waals surface area (Å²) in [6.07, 6.45) is -0.629. The lowest BCUT2D eigenvalue weighted by Crippen LogP contribution is -2.53. The lowest BCUT2D eigenvalue weighted by Gasteiger charge is -2.35. The van der Waals surface area contributed by atoms with Crippen LogP contribution < -0.4 is 15.4 Å². The fourth-order valence-corrected chi connectivity index (χ4v) is 4.76. The molecule has 2 atom stereocenters. The van der Waals surface area contributed by atoms with Crippen molar-refractivity contribution in [2.24, 2.45) is 0 Å².